The second kappa shape index (κ2) is 54.0. The Labute approximate surface area is 87.4 Å². The van der Waals surface area contributed by atoms with Crippen molar-refractivity contribution in [2.75, 3.05) is 0 Å². The monoisotopic (exact) mass is 384 g/mol. The van der Waals surface area contributed by atoms with E-state index >= 15 is 0 Å². The second-order valence-electron chi connectivity index (χ2n) is 0. The van der Waals surface area contributed by atoms with Crippen molar-refractivity contribution in [2.45, 2.75) is 0 Å². The van der Waals surface area contributed by atoms with Crippen molar-refractivity contribution in [1.82, 2.24) is 0 Å². The first-order valence-corrected chi connectivity index (χ1v) is 0. The van der Waals surface area contributed by atoms with Gasteiger partial charge in [0.05, 0.1) is 0 Å². The zero-order chi connectivity index (χ0) is 0. The molecule has 0 N–H and O–H groups in total. The van der Waals surface area contributed by atoms with Crippen LogP contribution >= 0.6 is 0 Å². The maximum atomic E-state index is 0. The van der Waals surface area contributed by atoms with Crippen molar-refractivity contribution in [3.8, 4) is 0 Å². The molecule has 6 heavy (non-hydrogen) atoms. The molecule has 0 aliphatic rings. The Kier molecular flexibility index (Phi) is 741. The molecule has 0 spiro atoms. The summed E-state index contributed by atoms with van der Waals surface area (Å²) in [7, 11) is 0. The van der Waals surface area contributed by atoms with Gasteiger partial charge < -0.3 is 62.0 Å². The number of rotatable bonds is 0. The maximum absolute atomic E-state index is 0. The molecule has 0 amide bonds. The molecule has 0 rings (SSSR count). The standard InChI is InChI=1S/Bi.5ClH/h;5*1H/q+3;;;;;/p-5. The molecule has 0 aliphatic carbocycles. The minimum Gasteiger partial charge on any atom is -1.00 e. The summed E-state index contributed by atoms with van der Waals surface area (Å²) in [6.07, 6.45) is 0. The molecule has 6 heteroatoms. The minimum atomic E-state index is 0. The Morgan fingerprint density at radius 3 is 0.333 bits per heavy atom. The Hall–Kier alpha value is 2.33. The van der Waals surface area contributed by atoms with Crippen molar-refractivity contribution in [3.63, 3.8) is 0 Å². The SMILES string of the molecule is [Bi+3].[Cl-].[Cl-].[Cl-].[Cl-].[Cl-]. The van der Waals surface area contributed by atoms with Crippen LogP contribution in [0, 0.1) is 0 Å². The molecular weight excluding hydrogens is 386 g/mol. The van der Waals surface area contributed by atoms with Crippen LogP contribution in [0.4, 0.5) is 0 Å². The quantitative estimate of drug-likeness (QED) is 0.363. The summed E-state index contributed by atoms with van der Waals surface area (Å²) in [5, 5.41) is 0. The van der Waals surface area contributed by atoms with Gasteiger partial charge in [-0.15, -0.1) is 0 Å². The first kappa shape index (κ1) is 82.3. The van der Waals surface area contributed by atoms with E-state index in [4.69, 9.17) is 0 Å². The molecule has 0 aliphatic heterocycles. The summed E-state index contributed by atoms with van der Waals surface area (Å²) in [6, 6.07) is 0. The summed E-state index contributed by atoms with van der Waals surface area (Å²) in [5.74, 6) is 0. The van der Waals surface area contributed by atoms with Gasteiger partial charge >= 0.3 is 26.2 Å². The summed E-state index contributed by atoms with van der Waals surface area (Å²) >= 11 is 0. The number of hydrogen-bond acceptors (Lipinski definition) is 0. The molecule has 0 aromatic rings. The van der Waals surface area contributed by atoms with Crippen molar-refractivity contribution in [1.29, 1.82) is 0 Å². The van der Waals surface area contributed by atoms with E-state index in [1.165, 1.54) is 0 Å². The topological polar surface area (TPSA) is 0 Å². The third-order valence-electron chi connectivity index (χ3n) is 0. The van der Waals surface area contributed by atoms with Crippen LogP contribution in [0.3, 0.4) is 0 Å². The molecule has 0 aromatic heterocycles. The molecule has 0 aromatic carbocycles. The second-order valence-corrected chi connectivity index (χ2v) is 0. The van der Waals surface area contributed by atoms with E-state index in [2.05, 4.69) is 0 Å². The molecular formula is BiCl5-2. The van der Waals surface area contributed by atoms with E-state index in [1.54, 1.807) is 0 Å². The van der Waals surface area contributed by atoms with Gasteiger partial charge in [0.25, 0.3) is 0 Å². The predicted octanol–water partition coefficient (Wildman–Crippen LogP) is -15.4. The first-order valence-electron chi connectivity index (χ1n) is 0. The van der Waals surface area contributed by atoms with Crippen LogP contribution in [0.5, 0.6) is 0 Å². The average Bonchev–Trinajstić information content (AvgIpc) is 0. The van der Waals surface area contributed by atoms with E-state index in [0.29, 0.717) is 0 Å². The van der Waals surface area contributed by atoms with Gasteiger partial charge in [0.1, 0.15) is 0 Å². The smallest absolute Gasteiger partial charge is 1.00 e. The van der Waals surface area contributed by atoms with Crippen LogP contribution in [0.2, 0.25) is 0 Å². The summed E-state index contributed by atoms with van der Waals surface area (Å²) in [6.45, 7) is 0. The normalized spacial score (nSPS) is 0. The van der Waals surface area contributed by atoms with Crippen molar-refractivity contribution < 1.29 is 62.0 Å². The van der Waals surface area contributed by atoms with Gasteiger partial charge in [-0.2, -0.15) is 0 Å². The van der Waals surface area contributed by atoms with Crippen LogP contribution in [0.1, 0.15) is 0 Å². The van der Waals surface area contributed by atoms with Gasteiger partial charge in [-0.3, -0.25) is 0 Å². The van der Waals surface area contributed by atoms with Gasteiger partial charge in [0, 0.05) is 0 Å². The van der Waals surface area contributed by atoms with Crippen LogP contribution in [0.15, 0.2) is 0 Å². The molecule has 0 bridgehead atoms. The first-order chi connectivity index (χ1) is 0. The number of halogens is 5. The van der Waals surface area contributed by atoms with E-state index in [0.717, 1.165) is 0 Å². The van der Waals surface area contributed by atoms with Gasteiger partial charge in [0.2, 0.25) is 0 Å². The largest absolute Gasteiger partial charge is 3.00 e. The fraction of sp³-hybridized carbons (Fsp3) is 0. The zero-order valence-electron chi connectivity index (χ0n) is 2.34. The van der Waals surface area contributed by atoms with Crippen LogP contribution < -0.4 is 62.0 Å². The van der Waals surface area contributed by atoms with Crippen molar-refractivity contribution in [2.24, 2.45) is 0 Å². The third-order valence-corrected chi connectivity index (χ3v) is 0. The Balaban J connectivity index is 0. The van der Waals surface area contributed by atoms with Crippen molar-refractivity contribution >= 4 is 26.2 Å². The molecule has 0 atom stereocenters. The van der Waals surface area contributed by atoms with Gasteiger partial charge in [0.15, 0.2) is 0 Å². The average molecular weight is 386 g/mol. The summed E-state index contributed by atoms with van der Waals surface area (Å²) < 4.78 is 0. The Bertz CT molecular complexity index is 3.90. The number of hydrogen-bond donors (Lipinski definition) is 0. The van der Waals surface area contributed by atoms with E-state index in [-0.39, 0.29) is 88.2 Å². The molecule has 0 nitrogen and oxygen atoms in total. The van der Waals surface area contributed by atoms with E-state index < -0.39 is 0 Å². The predicted molar refractivity (Wildman–Crippen MR) is 5.75 cm³/mol. The van der Waals surface area contributed by atoms with Gasteiger partial charge in [-0.05, 0) is 0 Å². The molecule has 0 heterocycles. The molecule has 0 saturated carbocycles. The molecule has 42 valence electrons. The third kappa shape index (κ3) is 33.1. The van der Waals surface area contributed by atoms with Crippen LogP contribution in [-0.4, -0.2) is 26.2 Å². The van der Waals surface area contributed by atoms with Crippen LogP contribution in [-0.2, 0) is 0 Å². The zero-order valence-corrected chi connectivity index (χ0v) is 9.59. The van der Waals surface area contributed by atoms with E-state index in [9.17, 15) is 0 Å². The Morgan fingerprint density at radius 2 is 0.333 bits per heavy atom. The maximum Gasteiger partial charge on any atom is 3.00 e. The molecule has 0 unspecified atom stereocenters. The minimum absolute atomic E-state index is 0. The van der Waals surface area contributed by atoms with E-state index in [1.807, 2.05) is 0 Å². The van der Waals surface area contributed by atoms with Crippen molar-refractivity contribution in [3.05, 3.63) is 0 Å². The molecule has 2 radical (unpaired) electrons. The molecule has 0 saturated heterocycles. The van der Waals surface area contributed by atoms with Crippen LogP contribution in [0.25, 0.3) is 0 Å². The Morgan fingerprint density at radius 1 is 0.333 bits per heavy atom. The van der Waals surface area contributed by atoms with Gasteiger partial charge in [-0.25, -0.2) is 0 Å². The fourth-order valence-electron chi connectivity index (χ4n) is 0. The van der Waals surface area contributed by atoms with Gasteiger partial charge in [-0.1, -0.05) is 0 Å². The molecule has 0 fully saturated rings. The summed E-state index contributed by atoms with van der Waals surface area (Å²) in [5.41, 5.74) is 0. The fourth-order valence-corrected chi connectivity index (χ4v) is 0. The summed E-state index contributed by atoms with van der Waals surface area (Å²) in [4.78, 5) is 0.